The molecule has 1 saturated heterocycles. The van der Waals surface area contributed by atoms with E-state index in [1.54, 1.807) is 18.3 Å². The predicted molar refractivity (Wildman–Crippen MR) is 136 cm³/mol. The fourth-order valence-corrected chi connectivity index (χ4v) is 5.03. The van der Waals surface area contributed by atoms with Gasteiger partial charge in [-0.1, -0.05) is 35.3 Å². The minimum atomic E-state index is 0.213. The standard InChI is InChI=1S/C26H26Cl2N4O/c1-32-9-7-16(8-10-32)20-14-30-24-6-5-17(11-19(20)24)18-12-25(26(29)31-13-18)33-15-21-22(27)3-2-4-23(21)28/h2-6,11-14,16,30H,7-10,15H2,1H3,(H2,29,31). The van der Waals surface area contributed by atoms with Crippen molar-refractivity contribution in [3.8, 4) is 16.9 Å². The van der Waals surface area contributed by atoms with Crippen LogP contribution in [0.25, 0.3) is 22.0 Å². The number of benzene rings is 2. The number of nitrogens with one attached hydrogen (secondary N) is 1. The van der Waals surface area contributed by atoms with Gasteiger partial charge in [-0.2, -0.15) is 0 Å². The maximum atomic E-state index is 6.28. The van der Waals surface area contributed by atoms with Gasteiger partial charge < -0.3 is 20.4 Å². The van der Waals surface area contributed by atoms with E-state index in [-0.39, 0.29) is 6.61 Å². The van der Waals surface area contributed by atoms with E-state index in [2.05, 4.69) is 46.3 Å². The molecule has 3 heterocycles. The third-order valence-corrected chi connectivity index (χ3v) is 7.23. The second kappa shape index (κ2) is 9.26. The third kappa shape index (κ3) is 4.54. The first-order valence-electron chi connectivity index (χ1n) is 11.1. The van der Waals surface area contributed by atoms with E-state index >= 15 is 0 Å². The number of aromatic amines is 1. The second-order valence-electron chi connectivity index (χ2n) is 8.68. The molecule has 170 valence electrons. The molecule has 0 amide bonds. The quantitative estimate of drug-likeness (QED) is 0.341. The predicted octanol–water partition coefficient (Wildman–Crippen LogP) is 6.51. The molecule has 2 aromatic carbocycles. The van der Waals surface area contributed by atoms with Crippen LogP contribution in [0.1, 0.15) is 29.9 Å². The molecule has 3 N–H and O–H groups in total. The SMILES string of the molecule is CN1CCC(c2c[nH]c3ccc(-c4cnc(N)c(OCc5c(Cl)cccc5Cl)c4)cc23)CC1. The monoisotopic (exact) mass is 480 g/mol. The van der Waals surface area contributed by atoms with E-state index in [0.717, 1.165) is 35.3 Å². The molecule has 33 heavy (non-hydrogen) atoms. The number of piperidine rings is 1. The Hall–Kier alpha value is -2.73. The van der Waals surface area contributed by atoms with Gasteiger partial charge in [-0.25, -0.2) is 4.98 Å². The van der Waals surface area contributed by atoms with E-state index in [9.17, 15) is 0 Å². The molecular formula is C26H26Cl2N4O. The summed E-state index contributed by atoms with van der Waals surface area (Å²) < 4.78 is 5.98. The molecule has 1 aliphatic heterocycles. The molecule has 0 saturated carbocycles. The Morgan fingerprint density at radius 2 is 1.85 bits per heavy atom. The van der Waals surface area contributed by atoms with Gasteiger partial charge >= 0.3 is 0 Å². The lowest BCUT2D eigenvalue weighted by Gasteiger charge is -2.28. The number of rotatable bonds is 5. The highest BCUT2D eigenvalue weighted by atomic mass is 35.5. The number of H-pyrrole nitrogens is 1. The van der Waals surface area contributed by atoms with Crippen molar-refractivity contribution in [2.45, 2.75) is 25.4 Å². The summed E-state index contributed by atoms with van der Waals surface area (Å²) in [4.78, 5) is 10.2. The normalized spacial score (nSPS) is 15.2. The lowest BCUT2D eigenvalue weighted by molar-refractivity contribution is 0.256. The number of nitrogen functional groups attached to an aromatic ring is 1. The molecule has 0 unspecified atom stereocenters. The number of nitrogens with two attached hydrogens (primary N) is 1. The molecular weight excluding hydrogens is 455 g/mol. The number of nitrogens with zero attached hydrogens (tertiary/aromatic N) is 2. The number of halogens is 2. The van der Waals surface area contributed by atoms with Crippen LogP contribution in [-0.2, 0) is 6.61 Å². The lowest BCUT2D eigenvalue weighted by Crippen LogP contribution is -2.29. The van der Waals surface area contributed by atoms with Gasteiger partial charge in [0.15, 0.2) is 11.6 Å². The average Bonchev–Trinajstić information content (AvgIpc) is 3.23. The Labute approximate surface area is 203 Å². The van der Waals surface area contributed by atoms with Crippen molar-refractivity contribution in [2.24, 2.45) is 0 Å². The van der Waals surface area contributed by atoms with Gasteiger partial charge in [-0.05, 0) is 80.4 Å². The van der Waals surface area contributed by atoms with E-state index < -0.39 is 0 Å². The zero-order valence-electron chi connectivity index (χ0n) is 18.4. The van der Waals surface area contributed by atoms with Gasteiger partial charge in [0, 0.05) is 44.5 Å². The van der Waals surface area contributed by atoms with Gasteiger partial charge in [0.25, 0.3) is 0 Å². The van der Waals surface area contributed by atoms with E-state index in [4.69, 9.17) is 33.7 Å². The average molecular weight is 481 g/mol. The summed E-state index contributed by atoms with van der Waals surface area (Å²) in [7, 11) is 2.19. The Morgan fingerprint density at radius 3 is 2.61 bits per heavy atom. The number of likely N-dealkylation sites (tertiary alicyclic amines) is 1. The van der Waals surface area contributed by atoms with E-state index in [1.807, 2.05) is 12.1 Å². The van der Waals surface area contributed by atoms with Crippen molar-refractivity contribution >= 4 is 39.9 Å². The van der Waals surface area contributed by atoms with Crippen molar-refractivity contribution in [3.05, 3.63) is 76.0 Å². The van der Waals surface area contributed by atoms with Gasteiger partial charge in [-0.3, -0.25) is 0 Å². The van der Waals surface area contributed by atoms with Crippen LogP contribution in [0, 0.1) is 0 Å². The first kappa shape index (κ1) is 22.1. The molecule has 5 nitrogen and oxygen atoms in total. The molecule has 0 spiro atoms. The number of anilines is 1. The highest BCUT2D eigenvalue weighted by molar-refractivity contribution is 6.35. The highest BCUT2D eigenvalue weighted by Gasteiger charge is 2.21. The largest absolute Gasteiger partial charge is 0.485 e. The van der Waals surface area contributed by atoms with Gasteiger partial charge in [-0.15, -0.1) is 0 Å². The number of hydrogen-bond donors (Lipinski definition) is 2. The molecule has 5 rings (SSSR count). The smallest absolute Gasteiger partial charge is 0.166 e. The summed E-state index contributed by atoms with van der Waals surface area (Å²) in [5, 5.41) is 2.39. The maximum Gasteiger partial charge on any atom is 0.166 e. The first-order valence-corrected chi connectivity index (χ1v) is 11.9. The van der Waals surface area contributed by atoms with Crippen LogP contribution in [0.3, 0.4) is 0 Å². The number of ether oxygens (including phenoxy) is 1. The zero-order chi connectivity index (χ0) is 22.9. The zero-order valence-corrected chi connectivity index (χ0v) is 20.0. The van der Waals surface area contributed by atoms with Gasteiger partial charge in [0.05, 0.1) is 0 Å². The molecule has 0 bridgehead atoms. The molecule has 2 aromatic heterocycles. The third-order valence-electron chi connectivity index (χ3n) is 6.52. The molecule has 1 aliphatic rings. The fourth-order valence-electron chi connectivity index (χ4n) is 4.53. The summed E-state index contributed by atoms with van der Waals surface area (Å²) >= 11 is 12.6. The summed E-state index contributed by atoms with van der Waals surface area (Å²) in [6.07, 6.45) is 6.32. The van der Waals surface area contributed by atoms with Crippen molar-refractivity contribution in [3.63, 3.8) is 0 Å². The first-order chi connectivity index (χ1) is 16.0. The van der Waals surface area contributed by atoms with Crippen LogP contribution < -0.4 is 10.5 Å². The Morgan fingerprint density at radius 1 is 1.09 bits per heavy atom. The molecule has 0 aliphatic carbocycles. The summed E-state index contributed by atoms with van der Waals surface area (Å²) in [6.45, 7) is 2.48. The number of aromatic nitrogens is 2. The van der Waals surface area contributed by atoms with E-state index in [0.29, 0.717) is 27.5 Å². The minimum absolute atomic E-state index is 0.213. The second-order valence-corrected chi connectivity index (χ2v) is 9.49. The van der Waals surface area contributed by atoms with Crippen LogP contribution in [-0.4, -0.2) is 35.0 Å². The Balaban J connectivity index is 1.43. The molecule has 4 aromatic rings. The topological polar surface area (TPSA) is 67.2 Å². The molecule has 1 fully saturated rings. The summed E-state index contributed by atoms with van der Waals surface area (Å²) in [5.41, 5.74) is 11.4. The van der Waals surface area contributed by atoms with Crippen LogP contribution in [0.4, 0.5) is 5.82 Å². The lowest BCUT2D eigenvalue weighted by atomic mass is 9.89. The van der Waals surface area contributed by atoms with Gasteiger partial charge in [0.1, 0.15) is 6.61 Å². The molecule has 0 atom stereocenters. The van der Waals surface area contributed by atoms with Crippen molar-refractivity contribution in [2.75, 3.05) is 25.9 Å². The number of pyridine rings is 1. The fraction of sp³-hybridized carbons (Fsp3) is 0.269. The van der Waals surface area contributed by atoms with Crippen LogP contribution in [0.2, 0.25) is 10.0 Å². The number of hydrogen-bond acceptors (Lipinski definition) is 4. The molecule has 0 radical (unpaired) electrons. The van der Waals surface area contributed by atoms with Crippen LogP contribution in [0.15, 0.2) is 54.9 Å². The van der Waals surface area contributed by atoms with E-state index in [1.165, 1.54) is 23.8 Å². The summed E-state index contributed by atoms with van der Waals surface area (Å²) in [6, 6.07) is 13.8. The van der Waals surface area contributed by atoms with Crippen molar-refractivity contribution in [1.29, 1.82) is 0 Å². The highest BCUT2D eigenvalue weighted by Crippen LogP contribution is 2.36. The Bertz CT molecular complexity index is 1270. The van der Waals surface area contributed by atoms with Crippen molar-refractivity contribution < 1.29 is 4.74 Å². The summed E-state index contributed by atoms with van der Waals surface area (Å²) in [5.74, 6) is 1.42. The van der Waals surface area contributed by atoms with Crippen LogP contribution in [0.5, 0.6) is 5.75 Å². The van der Waals surface area contributed by atoms with Crippen molar-refractivity contribution in [1.82, 2.24) is 14.9 Å². The maximum absolute atomic E-state index is 6.28. The van der Waals surface area contributed by atoms with Gasteiger partial charge in [0.2, 0.25) is 0 Å². The minimum Gasteiger partial charge on any atom is -0.485 e. The number of fused-ring (bicyclic) bond motifs is 1. The Kier molecular flexibility index (Phi) is 6.19. The van der Waals surface area contributed by atoms with Crippen LogP contribution >= 0.6 is 23.2 Å². The molecule has 7 heteroatoms.